The molecule has 2 rings (SSSR count). The fourth-order valence-electron chi connectivity index (χ4n) is 2.63. The quantitative estimate of drug-likeness (QED) is 0.386. The zero-order chi connectivity index (χ0) is 20.2. The van der Waals surface area contributed by atoms with Crippen LogP contribution in [0.15, 0.2) is 41.4 Å². The maximum absolute atomic E-state index is 12.8. The third-order valence-electron chi connectivity index (χ3n) is 4.57. The van der Waals surface area contributed by atoms with Crippen molar-refractivity contribution in [3.63, 3.8) is 0 Å². The van der Waals surface area contributed by atoms with Crippen LogP contribution in [0.25, 0.3) is 0 Å². The van der Waals surface area contributed by atoms with Gasteiger partial charge in [-0.3, -0.25) is 4.79 Å². The number of nitrogens with zero attached hydrogens (tertiary/aromatic N) is 2. The summed E-state index contributed by atoms with van der Waals surface area (Å²) in [4.78, 5) is 19.0. The Kier molecular flexibility index (Phi) is 6.41. The molecular weight excluding hydrogens is 353 g/mol. The number of hydrogen-bond acceptors (Lipinski definition) is 2. The van der Waals surface area contributed by atoms with Crippen molar-refractivity contribution in [2.45, 2.75) is 33.4 Å². The van der Waals surface area contributed by atoms with E-state index in [0.717, 1.165) is 35.5 Å². The predicted molar refractivity (Wildman–Crippen MR) is 102 cm³/mol. The summed E-state index contributed by atoms with van der Waals surface area (Å²) < 4.78 is 38.5. The zero-order valence-electron chi connectivity index (χ0n) is 15.9. The molecule has 0 aliphatic rings. The minimum atomic E-state index is -4.42. The number of hydrogen-bond donors (Lipinski definition) is 0. The van der Waals surface area contributed by atoms with Crippen LogP contribution in [0.5, 0.6) is 0 Å². The van der Waals surface area contributed by atoms with E-state index in [1.165, 1.54) is 12.1 Å². The summed E-state index contributed by atoms with van der Waals surface area (Å²) in [6, 6.07) is 8.35. The Labute approximate surface area is 157 Å². The van der Waals surface area contributed by atoms with Gasteiger partial charge >= 0.3 is 6.18 Å². The number of halogens is 3. The van der Waals surface area contributed by atoms with Crippen molar-refractivity contribution in [2.75, 3.05) is 13.6 Å². The molecule has 2 aromatic carbocycles. The second-order valence-electron chi connectivity index (χ2n) is 6.50. The summed E-state index contributed by atoms with van der Waals surface area (Å²) >= 11 is 0. The average Bonchev–Trinajstić information content (AvgIpc) is 2.62. The maximum Gasteiger partial charge on any atom is 0.416 e. The molecule has 0 aliphatic carbocycles. The van der Waals surface area contributed by atoms with E-state index in [1.54, 1.807) is 18.5 Å². The van der Waals surface area contributed by atoms with Crippen LogP contribution in [0.3, 0.4) is 0 Å². The van der Waals surface area contributed by atoms with Gasteiger partial charge in [0.15, 0.2) is 5.78 Å². The van der Waals surface area contributed by atoms with Crippen LogP contribution >= 0.6 is 0 Å². The van der Waals surface area contributed by atoms with Crippen molar-refractivity contribution >= 4 is 17.8 Å². The largest absolute Gasteiger partial charge is 0.416 e. The van der Waals surface area contributed by atoms with Gasteiger partial charge in [0.2, 0.25) is 0 Å². The molecule has 0 aromatic heterocycles. The molecule has 0 fully saturated rings. The topological polar surface area (TPSA) is 32.7 Å². The molecule has 6 heteroatoms. The van der Waals surface area contributed by atoms with Gasteiger partial charge in [-0.05, 0) is 55.7 Å². The van der Waals surface area contributed by atoms with E-state index < -0.39 is 11.7 Å². The van der Waals surface area contributed by atoms with Gasteiger partial charge in [0.25, 0.3) is 0 Å². The summed E-state index contributed by atoms with van der Waals surface area (Å²) in [6.45, 7) is 6.56. The highest BCUT2D eigenvalue weighted by Gasteiger charge is 2.30. The molecule has 0 amide bonds. The van der Waals surface area contributed by atoms with E-state index in [-0.39, 0.29) is 12.2 Å². The first-order chi connectivity index (χ1) is 12.6. The van der Waals surface area contributed by atoms with Gasteiger partial charge < -0.3 is 4.90 Å². The first kappa shape index (κ1) is 20.7. The van der Waals surface area contributed by atoms with Gasteiger partial charge in [0.05, 0.1) is 17.6 Å². The molecule has 144 valence electrons. The monoisotopic (exact) mass is 376 g/mol. The smallest absolute Gasteiger partial charge is 0.366 e. The third-order valence-corrected chi connectivity index (χ3v) is 4.57. The van der Waals surface area contributed by atoms with Crippen molar-refractivity contribution < 1.29 is 18.0 Å². The van der Waals surface area contributed by atoms with Gasteiger partial charge in [-0.15, -0.1) is 0 Å². The van der Waals surface area contributed by atoms with Gasteiger partial charge in [0.1, 0.15) is 0 Å². The second-order valence-corrected chi connectivity index (χ2v) is 6.50. The lowest BCUT2D eigenvalue weighted by Crippen LogP contribution is -2.14. The Morgan fingerprint density at radius 3 is 2.48 bits per heavy atom. The number of carbonyl (C=O) groups is 1. The highest BCUT2D eigenvalue weighted by Crippen LogP contribution is 2.30. The van der Waals surface area contributed by atoms with Gasteiger partial charge in [-0.1, -0.05) is 18.2 Å². The van der Waals surface area contributed by atoms with Crippen LogP contribution in [0, 0.1) is 13.8 Å². The maximum atomic E-state index is 12.8. The Balaban J connectivity index is 2.25. The number of Topliss-reactive ketones (excluding diaryl/α,β-unsaturated/α-hetero) is 1. The second kappa shape index (κ2) is 8.37. The van der Waals surface area contributed by atoms with E-state index in [9.17, 15) is 18.0 Å². The van der Waals surface area contributed by atoms with Crippen LogP contribution in [-0.4, -0.2) is 30.6 Å². The molecule has 27 heavy (non-hydrogen) atoms. The highest BCUT2D eigenvalue weighted by atomic mass is 19.4. The van der Waals surface area contributed by atoms with E-state index >= 15 is 0 Å². The number of carbonyl (C=O) groups excluding carboxylic acids is 1. The number of benzene rings is 2. The molecule has 0 saturated heterocycles. The van der Waals surface area contributed by atoms with Crippen molar-refractivity contribution in [2.24, 2.45) is 4.99 Å². The Bertz CT molecular complexity index is 857. The van der Waals surface area contributed by atoms with Crippen LogP contribution in [0.2, 0.25) is 0 Å². The SMILES string of the molecule is CCN(C)/C=N/c1ccc(C(=O)Cc2cccc(C(F)(F)F)c2)c(C)c1C. The standard InChI is InChI=1S/C21H23F3N2O/c1-5-26(4)13-25-19-10-9-18(14(2)15(19)3)20(27)12-16-7-6-8-17(11-16)21(22,23)24/h6-11,13H,5,12H2,1-4H3/b25-13+. The predicted octanol–water partition coefficient (Wildman–Crippen LogP) is 5.36. The average molecular weight is 376 g/mol. The molecule has 0 radical (unpaired) electrons. The first-order valence-corrected chi connectivity index (χ1v) is 8.67. The van der Waals surface area contributed by atoms with Crippen LogP contribution < -0.4 is 0 Å². The van der Waals surface area contributed by atoms with Crippen molar-refractivity contribution in [3.8, 4) is 0 Å². The molecule has 0 bridgehead atoms. The van der Waals surface area contributed by atoms with Crippen molar-refractivity contribution in [1.29, 1.82) is 0 Å². The molecule has 0 unspecified atom stereocenters. The van der Waals surface area contributed by atoms with Gasteiger partial charge in [-0.2, -0.15) is 13.2 Å². The summed E-state index contributed by atoms with van der Waals surface area (Å²) in [5.74, 6) is -0.212. The van der Waals surface area contributed by atoms with E-state index in [4.69, 9.17) is 0 Å². The molecule has 0 aliphatic heterocycles. The van der Waals surface area contributed by atoms with E-state index in [2.05, 4.69) is 4.99 Å². The fourth-order valence-corrected chi connectivity index (χ4v) is 2.63. The third kappa shape index (κ3) is 5.18. The normalized spacial score (nSPS) is 11.8. The Hall–Kier alpha value is -2.63. The van der Waals surface area contributed by atoms with Gasteiger partial charge in [-0.25, -0.2) is 4.99 Å². The number of alkyl halides is 3. The summed E-state index contributed by atoms with van der Waals surface area (Å²) in [5.41, 5.74) is 2.55. The van der Waals surface area contributed by atoms with Crippen LogP contribution in [0.1, 0.15) is 39.5 Å². The van der Waals surface area contributed by atoms with Crippen molar-refractivity contribution in [1.82, 2.24) is 4.90 Å². The van der Waals surface area contributed by atoms with E-state index in [1.807, 2.05) is 32.7 Å². The van der Waals surface area contributed by atoms with Crippen molar-refractivity contribution in [3.05, 3.63) is 64.2 Å². The molecule has 2 aromatic rings. The fraction of sp³-hybridized carbons (Fsp3) is 0.333. The number of rotatable bonds is 6. The molecule has 0 saturated carbocycles. The lowest BCUT2D eigenvalue weighted by atomic mass is 9.95. The highest BCUT2D eigenvalue weighted by molar-refractivity contribution is 5.99. The molecule has 0 heterocycles. The zero-order valence-corrected chi connectivity index (χ0v) is 15.9. The van der Waals surface area contributed by atoms with Gasteiger partial charge in [0, 0.05) is 25.6 Å². The molecule has 0 atom stereocenters. The summed E-state index contributed by atoms with van der Waals surface area (Å²) in [6.07, 6.45) is -2.77. The molecule has 0 spiro atoms. The summed E-state index contributed by atoms with van der Waals surface area (Å²) in [7, 11) is 1.92. The van der Waals surface area contributed by atoms with E-state index in [0.29, 0.717) is 11.1 Å². The Morgan fingerprint density at radius 1 is 1.15 bits per heavy atom. The summed E-state index contributed by atoms with van der Waals surface area (Å²) in [5, 5.41) is 0. The number of ketones is 1. The lowest BCUT2D eigenvalue weighted by molar-refractivity contribution is -0.137. The molecular formula is C21H23F3N2O. The molecule has 3 nitrogen and oxygen atoms in total. The first-order valence-electron chi connectivity index (χ1n) is 8.67. The Morgan fingerprint density at radius 2 is 1.85 bits per heavy atom. The minimum Gasteiger partial charge on any atom is -0.366 e. The molecule has 0 N–H and O–H groups in total. The minimum absolute atomic E-state index is 0.0780. The van der Waals surface area contributed by atoms with Crippen LogP contribution in [0.4, 0.5) is 18.9 Å². The lowest BCUT2D eigenvalue weighted by Gasteiger charge is -2.13. The van der Waals surface area contributed by atoms with Crippen LogP contribution in [-0.2, 0) is 12.6 Å². The number of aliphatic imine (C=N–C) groups is 1.